The molecular weight excluding hydrogens is 416 g/mol. The molecule has 13 atom stereocenters. The van der Waals surface area contributed by atoms with E-state index in [1.165, 1.54) is 0 Å². The lowest BCUT2D eigenvalue weighted by molar-refractivity contribution is -0.327. The van der Waals surface area contributed by atoms with E-state index in [-0.39, 0.29) is 0 Å². The van der Waals surface area contributed by atoms with E-state index in [2.05, 4.69) is 0 Å². The summed E-state index contributed by atoms with van der Waals surface area (Å²) in [5, 5.41) is 87.6. The van der Waals surface area contributed by atoms with Gasteiger partial charge in [0.15, 0.2) is 18.9 Å². The van der Waals surface area contributed by atoms with E-state index in [1.807, 2.05) is 0 Å². The summed E-state index contributed by atoms with van der Waals surface area (Å²) in [5.74, 6) is 0. The Labute approximate surface area is 170 Å². The van der Waals surface area contributed by atoms with E-state index in [1.54, 1.807) is 0 Å². The molecule has 0 aromatic heterocycles. The predicted octanol–water partition coefficient (Wildman–Crippen LogP) is -6.29. The average molecular weight is 444 g/mol. The minimum Gasteiger partial charge on any atom is -0.394 e. The highest BCUT2D eigenvalue weighted by Gasteiger charge is 2.51. The van der Waals surface area contributed by atoms with Gasteiger partial charge in [0.1, 0.15) is 61.0 Å². The minimum atomic E-state index is -1.74. The number of hydrogen-bond donors (Lipinski definition) is 9. The second-order valence-corrected chi connectivity index (χ2v) is 7.39. The Bertz CT molecular complexity index is 550. The van der Waals surface area contributed by atoms with E-state index >= 15 is 0 Å². The Morgan fingerprint density at radius 1 is 0.567 bits per heavy atom. The van der Waals surface area contributed by atoms with Crippen molar-refractivity contribution in [1.29, 1.82) is 0 Å². The van der Waals surface area contributed by atoms with Crippen molar-refractivity contribution in [3.63, 3.8) is 0 Å². The van der Waals surface area contributed by atoms with E-state index in [0.29, 0.717) is 0 Å². The SMILES string of the molecule is OC[C@H]1OC(O[C@@H]2C(OC[C@H]3OC(O)[C@@H](O)[C@@H]3O)O[C@H](CO)[C@H]2O)[C@@H](O)[C@@H](O)[C@@H]1O. The lowest BCUT2D eigenvalue weighted by Crippen LogP contribution is -2.60. The van der Waals surface area contributed by atoms with Crippen molar-refractivity contribution in [1.82, 2.24) is 0 Å². The second kappa shape index (κ2) is 9.93. The molecule has 3 unspecified atom stereocenters. The zero-order valence-electron chi connectivity index (χ0n) is 15.7. The molecule has 0 aliphatic carbocycles. The van der Waals surface area contributed by atoms with Crippen molar-refractivity contribution in [2.24, 2.45) is 0 Å². The Hall–Kier alpha value is -0.560. The molecule has 30 heavy (non-hydrogen) atoms. The van der Waals surface area contributed by atoms with Crippen LogP contribution in [0.3, 0.4) is 0 Å². The molecule has 0 aromatic rings. The van der Waals surface area contributed by atoms with Crippen LogP contribution in [0.4, 0.5) is 0 Å². The van der Waals surface area contributed by atoms with Crippen LogP contribution in [0, 0.1) is 0 Å². The lowest BCUT2D eigenvalue weighted by Gasteiger charge is -2.41. The van der Waals surface area contributed by atoms with Crippen molar-refractivity contribution in [2.75, 3.05) is 19.8 Å². The Morgan fingerprint density at radius 3 is 1.70 bits per heavy atom. The maximum Gasteiger partial charge on any atom is 0.187 e. The summed E-state index contributed by atoms with van der Waals surface area (Å²) in [5.41, 5.74) is 0. The van der Waals surface area contributed by atoms with Gasteiger partial charge in [0.05, 0.1) is 19.8 Å². The van der Waals surface area contributed by atoms with Gasteiger partial charge in [0.25, 0.3) is 0 Å². The standard InChI is InChI=1S/C16H28O14/c17-1-4-7(19)10(22)12(24)15(28-4)30-13-9(21)5(2-18)29-16(13)26-3-6-8(20)11(23)14(25)27-6/h4-25H,1-3H2/t4-,5-,6-,7-,8-,9-,10+,11+,12+,13+,14?,15?,16?/m1/s1. The third-order valence-corrected chi connectivity index (χ3v) is 5.38. The van der Waals surface area contributed by atoms with Gasteiger partial charge in [-0.2, -0.15) is 0 Å². The van der Waals surface area contributed by atoms with Crippen LogP contribution in [-0.4, -0.2) is 146 Å². The molecule has 3 fully saturated rings. The molecule has 0 spiro atoms. The van der Waals surface area contributed by atoms with Crippen LogP contribution in [-0.2, 0) is 23.7 Å². The van der Waals surface area contributed by atoms with Gasteiger partial charge in [-0.25, -0.2) is 0 Å². The molecule has 3 heterocycles. The highest BCUT2D eigenvalue weighted by atomic mass is 16.8. The molecule has 3 rings (SSSR count). The van der Waals surface area contributed by atoms with Crippen LogP contribution in [0.15, 0.2) is 0 Å². The first-order valence-electron chi connectivity index (χ1n) is 9.41. The quantitative estimate of drug-likeness (QED) is 0.178. The summed E-state index contributed by atoms with van der Waals surface area (Å²) in [6, 6.07) is 0. The van der Waals surface area contributed by atoms with Crippen LogP contribution in [0.5, 0.6) is 0 Å². The first-order valence-corrected chi connectivity index (χ1v) is 9.41. The molecule has 0 aromatic carbocycles. The van der Waals surface area contributed by atoms with Gasteiger partial charge in [-0.15, -0.1) is 0 Å². The summed E-state index contributed by atoms with van der Waals surface area (Å²) in [6.07, 6.45) is -19.0. The monoisotopic (exact) mass is 444 g/mol. The van der Waals surface area contributed by atoms with Gasteiger partial charge in [-0.05, 0) is 0 Å². The first-order chi connectivity index (χ1) is 14.2. The number of hydrogen-bond acceptors (Lipinski definition) is 14. The number of aliphatic hydroxyl groups excluding tert-OH is 9. The number of aliphatic hydroxyl groups is 9. The second-order valence-electron chi connectivity index (χ2n) is 7.39. The fraction of sp³-hybridized carbons (Fsp3) is 1.00. The molecule has 176 valence electrons. The summed E-state index contributed by atoms with van der Waals surface area (Å²) >= 11 is 0. The zero-order chi connectivity index (χ0) is 22.2. The molecule has 0 saturated carbocycles. The molecule has 0 amide bonds. The first kappa shape index (κ1) is 24.1. The van der Waals surface area contributed by atoms with Crippen LogP contribution < -0.4 is 0 Å². The van der Waals surface area contributed by atoms with Crippen molar-refractivity contribution in [3.05, 3.63) is 0 Å². The van der Waals surface area contributed by atoms with Crippen LogP contribution >= 0.6 is 0 Å². The minimum absolute atomic E-state index is 0.403. The fourth-order valence-corrected chi connectivity index (χ4v) is 3.52. The maximum atomic E-state index is 10.4. The number of rotatable bonds is 7. The highest BCUT2D eigenvalue weighted by Crippen LogP contribution is 2.31. The van der Waals surface area contributed by atoms with Gasteiger partial charge in [0, 0.05) is 0 Å². The third-order valence-electron chi connectivity index (χ3n) is 5.38. The highest BCUT2D eigenvalue weighted by molar-refractivity contribution is 4.93. The van der Waals surface area contributed by atoms with E-state index < -0.39 is 99.7 Å². The van der Waals surface area contributed by atoms with E-state index in [9.17, 15) is 46.0 Å². The zero-order valence-corrected chi connectivity index (χ0v) is 15.7. The predicted molar refractivity (Wildman–Crippen MR) is 89.2 cm³/mol. The largest absolute Gasteiger partial charge is 0.394 e. The molecule has 14 nitrogen and oxygen atoms in total. The molecule has 3 aliphatic heterocycles. The molecule has 0 bridgehead atoms. The summed E-state index contributed by atoms with van der Waals surface area (Å²) in [4.78, 5) is 0. The molecule has 9 N–H and O–H groups in total. The van der Waals surface area contributed by atoms with Gasteiger partial charge in [-0.1, -0.05) is 0 Å². The summed E-state index contributed by atoms with van der Waals surface area (Å²) in [7, 11) is 0. The van der Waals surface area contributed by atoms with Crippen molar-refractivity contribution < 1.29 is 69.6 Å². The van der Waals surface area contributed by atoms with Gasteiger partial charge < -0.3 is 69.6 Å². The van der Waals surface area contributed by atoms with E-state index in [4.69, 9.17) is 23.7 Å². The smallest absolute Gasteiger partial charge is 0.187 e. The van der Waals surface area contributed by atoms with Crippen LogP contribution in [0.1, 0.15) is 0 Å². The molecular formula is C16H28O14. The third kappa shape index (κ3) is 4.62. The topological polar surface area (TPSA) is 228 Å². The van der Waals surface area contributed by atoms with Crippen molar-refractivity contribution >= 4 is 0 Å². The summed E-state index contributed by atoms with van der Waals surface area (Å²) in [6.45, 7) is -1.70. The Morgan fingerprint density at radius 2 is 1.13 bits per heavy atom. The Kier molecular flexibility index (Phi) is 7.97. The normalized spacial score (nSPS) is 52.1. The van der Waals surface area contributed by atoms with Crippen LogP contribution in [0.2, 0.25) is 0 Å². The van der Waals surface area contributed by atoms with E-state index in [0.717, 1.165) is 0 Å². The average Bonchev–Trinajstić information content (AvgIpc) is 3.17. The fourth-order valence-electron chi connectivity index (χ4n) is 3.52. The van der Waals surface area contributed by atoms with Crippen molar-refractivity contribution in [3.8, 4) is 0 Å². The number of ether oxygens (including phenoxy) is 5. The maximum absolute atomic E-state index is 10.4. The van der Waals surface area contributed by atoms with Crippen LogP contribution in [0.25, 0.3) is 0 Å². The van der Waals surface area contributed by atoms with Crippen molar-refractivity contribution in [2.45, 2.75) is 79.9 Å². The molecule has 14 heteroatoms. The lowest BCUT2D eigenvalue weighted by atomic mass is 9.99. The Balaban J connectivity index is 1.66. The molecule has 3 saturated heterocycles. The van der Waals surface area contributed by atoms with Gasteiger partial charge in [-0.3, -0.25) is 0 Å². The molecule has 0 radical (unpaired) electrons. The van der Waals surface area contributed by atoms with Gasteiger partial charge >= 0.3 is 0 Å². The summed E-state index contributed by atoms with van der Waals surface area (Å²) < 4.78 is 26.5. The molecule has 3 aliphatic rings. The van der Waals surface area contributed by atoms with Gasteiger partial charge in [0.2, 0.25) is 0 Å².